The predicted molar refractivity (Wildman–Crippen MR) is 113 cm³/mol. The lowest BCUT2D eigenvalue weighted by Gasteiger charge is -2.21. The van der Waals surface area contributed by atoms with Crippen LogP contribution in [0.15, 0.2) is 48.5 Å². The molecule has 7 nitrogen and oxygen atoms in total. The topological polar surface area (TPSA) is 96.5 Å². The van der Waals surface area contributed by atoms with E-state index in [1.54, 1.807) is 63.2 Å². The van der Waals surface area contributed by atoms with Crippen LogP contribution >= 0.6 is 11.6 Å². The van der Waals surface area contributed by atoms with Gasteiger partial charge in [-0.1, -0.05) is 43.6 Å². The highest BCUT2D eigenvalue weighted by Crippen LogP contribution is 2.19. The Labute approximate surface area is 174 Å². The number of rotatable bonds is 7. The molecule has 0 saturated heterocycles. The van der Waals surface area contributed by atoms with E-state index < -0.39 is 30.6 Å². The number of amides is 3. The molecule has 1 atom stereocenters. The normalized spacial score (nSPS) is 11.5. The fourth-order valence-electron chi connectivity index (χ4n) is 2.51. The molecule has 3 N–H and O–H groups in total. The Bertz CT molecular complexity index is 871. The first kappa shape index (κ1) is 22.2. The number of halogens is 1. The Balaban J connectivity index is 1.88. The average molecular weight is 418 g/mol. The summed E-state index contributed by atoms with van der Waals surface area (Å²) < 4.78 is 5.09. The van der Waals surface area contributed by atoms with Crippen LogP contribution in [-0.4, -0.2) is 30.6 Å². The maximum atomic E-state index is 12.4. The van der Waals surface area contributed by atoms with E-state index in [2.05, 4.69) is 16.0 Å². The minimum absolute atomic E-state index is 0.231. The van der Waals surface area contributed by atoms with Crippen molar-refractivity contribution in [3.63, 3.8) is 0 Å². The van der Waals surface area contributed by atoms with Crippen molar-refractivity contribution in [2.75, 3.05) is 17.2 Å². The molecule has 2 rings (SSSR count). The molecule has 0 radical (unpaired) electrons. The summed E-state index contributed by atoms with van der Waals surface area (Å²) in [6.45, 7) is 4.88. The molecule has 0 unspecified atom stereocenters. The van der Waals surface area contributed by atoms with Crippen molar-refractivity contribution in [3.05, 3.63) is 59.1 Å². The summed E-state index contributed by atoms with van der Waals surface area (Å²) >= 11 is 5.89. The number of benzene rings is 2. The minimum Gasteiger partial charge on any atom is -0.454 e. The van der Waals surface area contributed by atoms with Crippen LogP contribution in [0.1, 0.15) is 19.4 Å². The van der Waals surface area contributed by atoms with Gasteiger partial charge in [0.2, 0.25) is 0 Å². The van der Waals surface area contributed by atoms with Gasteiger partial charge in [0.15, 0.2) is 6.61 Å². The quantitative estimate of drug-likeness (QED) is 0.593. The van der Waals surface area contributed by atoms with Crippen molar-refractivity contribution in [2.45, 2.75) is 26.8 Å². The molecule has 0 bridgehead atoms. The van der Waals surface area contributed by atoms with E-state index in [4.69, 9.17) is 16.3 Å². The highest BCUT2D eigenvalue weighted by molar-refractivity contribution is 6.30. The number of urea groups is 1. The summed E-state index contributed by atoms with van der Waals surface area (Å²) in [4.78, 5) is 36.6. The summed E-state index contributed by atoms with van der Waals surface area (Å²) in [7, 11) is 0. The first-order chi connectivity index (χ1) is 13.8. The highest BCUT2D eigenvalue weighted by Gasteiger charge is 2.26. The van der Waals surface area contributed by atoms with Gasteiger partial charge in [0.1, 0.15) is 6.04 Å². The number of esters is 1. The predicted octanol–water partition coefficient (Wildman–Crippen LogP) is 3.98. The van der Waals surface area contributed by atoms with Crippen LogP contribution in [-0.2, 0) is 14.3 Å². The molecule has 0 spiro atoms. The third-order valence-electron chi connectivity index (χ3n) is 4.05. The van der Waals surface area contributed by atoms with Crippen molar-refractivity contribution in [3.8, 4) is 0 Å². The maximum absolute atomic E-state index is 12.4. The summed E-state index contributed by atoms with van der Waals surface area (Å²) in [6.07, 6.45) is 0. The van der Waals surface area contributed by atoms with Gasteiger partial charge >= 0.3 is 12.0 Å². The molecule has 0 saturated carbocycles. The zero-order valence-corrected chi connectivity index (χ0v) is 17.2. The lowest BCUT2D eigenvalue weighted by Crippen LogP contribution is -2.47. The third kappa shape index (κ3) is 7.12. The summed E-state index contributed by atoms with van der Waals surface area (Å²) in [6, 6.07) is 12.5. The zero-order chi connectivity index (χ0) is 21.4. The maximum Gasteiger partial charge on any atom is 0.329 e. The minimum atomic E-state index is -0.899. The van der Waals surface area contributed by atoms with E-state index >= 15 is 0 Å². The Morgan fingerprint density at radius 2 is 1.72 bits per heavy atom. The molecular weight excluding hydrogens is 394 g/mol. The fourth-order valence-corrected chi connectivity index (χ4v) is 2.73. The van der Waals surface area contributed by atoms with Crippen molar-refractivity contribution in [1.29, 1.82) is 0 Å². The molecule has 0 aromatic heterocycles. The van der Waals surface area contributed by atoms with Crippen LogP contribution in [0.2, 0.25) is 5.02 Å². The molecule has 0 heterocycles. The number of hydrogen-bond donors (Lipinski definition) is 3. The van der Waals surface area contributed by atoms with Gasteiger partial charge in [-0.2, -0.15) is 0 Å². The van der Waals surface area contributed by atoms with Gasteiger partial charge in [0.25, 0.3) is 5.91 Å². The summed E-state index contributed by atoms with van der Waals surface area (Å²) in [5.74, 6) is -1.41. The Hall–Kier alpha value is -3.06. The van der Waals surface area contributed by atoms with Gasteiger partial charge in [-0.3, -0.25) is 4.79 Å². The number of aryl methyl sites for hydroxylation is 1. The Kier molecular flexibility index (Phi) is 8.03. The third-order valence-corrected chi connectivity index (χ3v) is 4.28. The van der Waals surface area contributed by atoms with Crippen LogP contribution in [0.3, 0.4) is 0 Å². The Morgan fingerprint density at radius 3 is 2.34 bits per heavy atom. The smallest absolute Gasteiger partial charge is 0.329 e. The fraction of sp³-hybridized carbons (Fsp3) is 0.286. The number of nitrogens with one attached hydrogen (secondary N) is 3. The van der Waals surface area contributed by atoms with Crippen molar-refractivity contribution in [1.82, 2.24) is 5.32 Å². The van der Waals surface area contributed by atoms with Gasteiger partial charge in [-0.25, -0.2) is 9.59 Å². The SMILES string of the molecule is Cc1cc(Cl)ccc1NC(=O)COC(=O)[C@H](NC(=O)Nc1ccccc1)C(C)C. The molecule has 154 valence electrons. The standard InChI is InChI=1S/C21H24ClN3O4/c1-13(2)19(25-21(28)23-16-7-5-4-6-8-16)20(27)29-12-18(26)24-17-10-9-15(22)11-14(17)3/h4-11,13,19H,12H2,1-3H3,(H,24,26)(H2,23,25,28)/t19-/m1/s1. The first-order valence-electron chi connectivity index (χ1n) is 9.11. The van der Waals surface area contributed by atoms with Crippen molar-refractivity contribution in [2.24, 2.45) is 5.92 Å². The van der Waals surface area contributed by atoms with Crippen LogP contribution in [0.5, 0.6) is 0 Å². The second kappa shape index (κ2) is 10.5. The highest BCUT2D eigenvalue weighted by atomic mass is 35.5. The van der Waals surface area contributed by atoms with E-state index in [-0.39, 0.29) is 5.92 Å². The largest absolute Gasteiger partial charge is 0.454 e. The lowest BCUT2D eigenvalue weighted by atomic mass is 10.1. The van der Waals surface area contributed by atoms with Crippen LogP contribution in [0.25, 0.3) is 0 Å². The second-order valence-electron chi connectivity index (χ2n) is 6.80. The van der Waals surface area contributed by atoms with E-state index in [1.807, 2.05) is 6.07 Å². The molecule has 2 aromatic rings. The average Bonchev–Trinajstić information content (AvgIpc) is 2.67. The van der Waals surface area contributed by atoms with Crippen molar-refractivity contribution < 1.29 is 19.1 Å². The molecule has 0 aliphatic carbocycles. The van der Waals surface area contributed by atoms with E-state index in [0.717, 1.165) is 5.56 Å². The molecule has 3 amide bonds. The number of hydrogen-bond acceptors (Lipinski definition) is 4. The van der Waals surface area contributed by atoms with Crippen LogP contribution in [0.4, 0.5) is 16.2 Å². The molecular formula is C21H24ClN3O4. The van der Waals surface area contributed by atoms with Gasteiger partial charge in [0, 0.05) is 16.4 Å². The summed E-state index contributed by atoms with van der Waals surface area (Å²) in [5.41, 5.74) is 1.96. The molecule has 0 aliphatic heterocycles. The van der Waals surface area contributed by atoms with Crippen LogP contribution in [0, 0.1) is 12.8 Å². The molecule has 8 heteroatoms. The van der Waals surface area contributed by atoms with Crippen LogP contribution < -0.4 is 16.0 Å². The second-order valence-corrected chi connectivity index (χ2v) is 7.24. The van der Waals surface area contributed by atoms with Gasteiger partial charge < -0.3 is 20.7 Å². The monoisotopic (exact) mass is 417 g/mol. The Morgan fingerprint density at radius 1 is 1.03 bits per heavy atom. The molecule has 29 heavy (non-hydrogen) atoms. The van der Waals surface area contributed by atoms with Crippen molar-refractivity contribution >= 4 is 40.9 Å². The lowest BCUT2D eigenvalue weighted by molar-refractivity contribution is -0.150. The number of ether oxygens (including phenoxy) is 1. The molecule has 2 aromatic carbocycles. The van der Waals surface area contributed by atoms with Gasteiger partial charge in [-0.05, 0) is 48.7 Å². The van der Waals surface area contributed by atoms with Gasteiger partial charge in [-0.15, -0.1) is 0 Å². The number of para-hydroxylation sites is 1. The molecule has 0 fully saturated rings. The van der Waals surface area contributed by atoms with E-state index in [1.165, 1.54) is 0 Å². The van der Waals surface area contributed by atoms with E-state index in [0.29, 0.717) is 16.4 Å². The first-order valence-corrected chi connectivity index (χ1v) is 9.49. The number of anilines is 2. The summed E-state index contributed by atoms with van der Waals surface area (Å²) in [5, 5.41) is 8.45. The van der Waals surface area contributed by atoms with E-state index in [9.17, 15) is 14.4 Å². The number of carbonyl (C=O) groups is 3. The zero-order valence-electron chi connectivity index (χ0n) is 16.5. The molecule has 0 aliphatic rings. The van der Waals surface area contributed by atoms with Gasteiger partial charge in [0.05, 0.1) is 0 Å². The number of carbonyl (C=O) groups excluding carboxylic acids is 3.